The summed E-state index contributed by atoms with van der Waals surface area (Å²) in [6, 6.07) is 4.14. The molecule has 1 fully saturated rings. The number of carbonyl (C=O) groups is 1. The van der Waals surface area contributed by atoms with E-state index in [0.717, 1.165) is 19.3 Å². The second-order valence-electron chi connectivity index (χ2n) is 5.52. The number of hydrogen-bond donors (Lipinski definition) is 2. The van der Waals surface area contributed by atoms with Crippen LogP contribution in [0.4, 0.5) is 0 Å². The number of carboxylic acid groups (broad SMARTS) is 1. The van der Waals surface area contributed by atoms with E-state index < -0.39 is 16.0 Å². The SMILES string of the molecule is Cc1ccc(S(=O)(=O)NC2CCC(C)C2)cc1C(=O)O. The van der Waals surface area contributed by atoms with Gasteiger partial charge < -0.3 is 5.11 Å². The normalized spacial score (nSPS) is 22.9. The molecular weight excluding hydrogens is 278 g/mol. The van der Waals surface area contributed by atoms with Crippen LogP contribution < -0.4 is 4.72 Å². The van der Waals surface area contributed by atoms with Gasteiger partial charge in [-0.2, -0.15) is 0 Å². The molecule has 5 nitrogen and oxygen atoms in total. The lowest BCUT2D eigenvalue weighted by molar-refractivity contribution is 0.0696. The molecule has 1 aromatic carbocycles. The van der Waals surface area contributed by atoms with Crippen LogP contribution in [0.3, 0.4) is 0 Å². The minimum absolute atomic E-state index is 0.0139. The molecule has 0 bridgehead atoms. The lowest BCUT2D eigenvalue weighted by atomic mass is 10.1. The van der Waals surface area contributed by atoms with Gasteiger partial charge in [-0.1, -0.05) is 13.0 Å². The minimum atomic E-state index is -3.65. The number of aryl methyl sites for hydroxylation is 1. The van der Waals surface area contributed by atoms with Crippen molar-refractivity contribution in [1.82, 2.24) is 4.72 Å². The van der Waals surface area contributed by atoms with E-state index in [2.05, 4.69) is 11.6 Å². The van der Waals surface area contributed by atoms with Gasteiger partial charge in [0.1, 0.15) is 0 Å². The summed E-state index contributed by atoms with van der Waals surface area (Å²) in [6.45, 7) is 3.74. The van der Waals surface area contributed by atoms with E-state index in [4.69, 9.17) is 5.11 Å². The monoisotopic (exact) mass is 297 g/mol. The van der Waals surface area contributed by atoms with Crippen molar-refractivity contribution in [1.29, 1.82) is 0 Å². The van der Waals surface area contributed by atoms with Crippen LogP contribution >= 0.6 is 0 Å². The maximum atomic E-state index is 12.3. The van der Waals surface area contributed by atoms with Gasteiger partial charge in [-0.15, -0.1) is 0 Å². The average Bonchev–Trinajstić information content (AvgIpc) is 2.73. The number of hydrogen-bond acceptors (Lipinski definition) is 3. The van der Waals surface area contributed by atoms with Crippen LogP contribution in [0.25, 0.3) is 0 Å². The second-order valence-corrected chi connectivity index (χ2v) is 7.23. The third-order valence-corrected chi connectivity index (χ3v) is 5.28. The average molecular weight is 297 g/mol. The Hall–Kier alpha value is -1.40. The molecule has 0 aliphatic heterocycles. The molecule has 0 spiro atoms. The van der Waals surface area contributed by atoms with Crippen molar-refractivity contribution in [2.45, 2.75) is 44.0 Å². The summed E-state index contributed by atoms with van der Waals surface area (Å²) in [5.74, 6) is -0.593. The Morgan fingerprint density at radius 3 is 2.60 bits per heavy atom. The second kappa shape index (κ2) is 5.54. The summed E-state index contributed by atoms with van der Waals surface area (Å²) in [5, 5.41) is 9.06. The molecule has 0 saturated heterocycles. The predicted octanol–water partition coefficient (Wildman–Crippen LogP) is 2.16. The van der Waals surface area contributed by atoms with Gasteiger partial charge >= 0.3 is 5.97 Å². The molecule has 1 aromatic rings. The number of benzene rings is 1. The van der Waals surface area contributed by atoms with Crippen LogP contribution in [0.5, 0.6) is 0 Å². The molecule has 2 atom stereocenters. The first-order valence-electron chi connectivity index (χ1n) is 6.66. The maximum Gasteiger partial charge on any atom is 0.335 e. The zero-order valence-electron chi connectivity index (χ0n) is 11.6. The fraction of sp³-hybridized carbons (Fsp3) is 0.500. The molecule has 0 radical (unpaired) electrons. The van der Waals surface area contributed by atoms with Gasteiger partial charge in [0.15, 0.2) is 0 Å². The van der Waals surface area contributed by atoms with Gasteiger partial charge in [-0.25, -0.2) is 17.9 Å². The molecule has 1 aliphatic rings. The van der Waals surface area contributed by atoms with Crippen molar-refractivity contribution in [2.24, 2.45) is 5.92 Å². The molecule has 1 saturated carbocycles. The smallest absolute Gasteiger partial charge is 0.335 e. The Morgan fingerprint density at radius 2 is 2.05 bits per heavy atom. The van der Waals surface area contributed by atoms with Crippen LogP contribution in [0.2, 0.25) is 0 Å². The van der Waals surface area contributed by atoms with Crippen molar-refractivity contribution in [3.05, 3.63) is 29.3 Å². The Balaban J connectivity index is 2.25. The van der Waals surface area contributed by atoms with Crippen molar-refractivity contribution >= 4 is 16.0 Å². The highest BCUT2D eigenvalue weighted by atomic mass is 32.2. The van der Waals surface area contributed by atoms with E-state index in [-0.39, 0.29) is 16.5 Å². The van der Waals surface area contributed by atoms with Crippen LogP contribution in [0.15, 0.2) is 23.1 Å². The van der Waals surface area contributed by atoms with Crippen LogP contribution in [0, 0.1) is 12.8 Å². The number of nitrogens with one attached hydrogen (secondary N) is 1. The predicted molar refractivity (Wildman–Crippen MR) is 75.3 cm³/mol. The van der Waals surface area contributed by atoms with Crippen LogP contribution in [-0.4, -0.2) is 25.5 Å². The van der Waals surface area contributed by atoms with Gasteiger partial charge in [-0.3, -0.25) is 0 Å². The Morgan fingerprint density at radius 1 is 1.35 bits per heavy atom. The highest BCUT2D eigenvalue weighted by molar-refractivity contribution is 7.89. The summed E-state index contributed by atoms with van der Waals surface area (Å²) < 4.78 is 27.2. The molecule has 110 valence electrons. The lowest BCUT2D eigenvalue weighted by Crippen LogP contribution is -2.33. The molecule has 1 aliphatic carbocycles. The quantitative estimate of drug-likeness (QED) is 0.892. The highest BCUT2D eigenvalue weighted by Gasteiger charge is 2.27. The van der Waals surface area contributed by atoms with E-state index in [9.17, 15) is 13.2 Å². The number of sulfonamides is 1. The van der Waals surface area contributed by atoms with Crippen molar-refractivity contribution < 1.29 is 18.3 Å². The summed E-state index contributed by atoms with van der Waals surface area (Å²) in [7, 11) is -3.65. The number of aromatic carboxylic acids is 1. The van der Waals surface area contributed by atoms with E-state index >= 15 is 0 Å². The molecule has 20 heavy (non-hydrogen) atoms. The summed E-state index contributed by atoms with van der Waals surface area (Å²) in [5.41, 5.74) is 0.568. The van der Waals surface area contributed by atoms with E-state index in [0.29, 0.717) is 11.5 Å². The third-order valence-electron chi connectivity index (χ3n) is 3.77. The Kier molecular flexibility index (Phi) is 4.15. The van der Waals surface area contributed by atoms with E-state index in [1.165, 1.54) is 18.2 Å². The van der Waals surface area contributed by atoms with E-state index in [1.807, 2.05) is 0 Å². The molecule has 6 heteroatoms. The molecule has 0 amide bonds. The summed E-state index contributed by atoms with van der Waals surface area (Å²) in [4.78, 5) is 11.1. The molecule has 0 aromatic heterocycles. The molecule has 0 heterocycles. The lowest BCUT2D eigenvalue weighted by Gasteiger charge is -2.13. The number of carboxylic acids is 1. The highest BCUT2D eigenvalue weighted by Crippen LogP contribution is 2.26. The van der Waals surface area contributed by atoms with E-state index in [1.54, 1.807) is 6.92 Å². The van der Waals surface area contributed by atoms with Crippen molar-refractivity contribution in [3.8, 4) is 0 Å². The van der Waals surface area contributed by atoms with Gasteiger partial charge in [0.25, 0.3) is 0 Å². The molecule has 2 N–H and O–H groups in total. The van der Waals surface area contributed by atoms with Crippen molar-refractivity contribution in [2.75, 3.05) is 0 Å². The van der Waals surface area contributed by atoms with Gasteiger partial charge in [0.2, 0.25) is 10.0 Å². The Bertz CT molecular complexity index is 624. The maximum absolute atomic E-state index is 12.3. The fourth-order valence-electron chi connectivity index (χ4n) is 2.60. The fourth-order valence-corrected chi connectivity index (χ4v) is 3.91. The first kappa shape index (κ1) is 15.0. The Labute approximate surface area is 119 Å². The first-order chi connectivity index (χ1) is 9.29. The zero-order valence-corrected chi connectivity index (χ0v) is 12.4. The van der Waals surface area contributed by atoms with Crippen LogP contribution in [0.1, 0.15) is 42.1 Å². The molecular formula is C14H19NO4S. The standard InChI is InChI=1S/C14H19NO4S/c1-9-3-5-11(7-9)15-20(18,19)12-6-4-10(2)13(8-12)14(16)17/h4,6,8-9,11,15H,3,5,7H2,1-2H3,(H,16,17). The molecule has 2 unspecified atom stereocenters. The minimum Gasteiger partial charge on any atom is -0.478 e. The first-order valence-corrected chi connectivity index (χ1v) is 8.14. The largest absolute Gasteiger partial charge is 0.478 e. The molecule has 2 rings (SSSR count). The van der Waals surface area contributed by atoms with Gasteiger partial charge in [-0.05, 0) is 49.8 Å². The third kappa shape index (κ3) is 3.19. The number of rotatable bonds is 4. The summed E-state index contributed by atoms with van der Waals surface area (Å²) >= 11 is 0. The summed E-state index contributed by atoms with van der Waals surface area (Å²) in [6.07, 6.45) is 2.68. The zero-order chi connectivity index (χ0) is 14.9. The van der Waals surface area contributed by atoms with Gasteiger partial charge in [0, 0.05) is 6.04 Å². The topological polar surface area (TPSA) is 83.5 Å². The van der Waals surface area contributed by atoms with Crippen molar-refractivity contribution in [3.63, 3.8) is 0 Å². The van der Waals surface area contributed by atoms with Gasteiger partial charge in [0.05, 0.1) is 10.5 Å². The van der Waals surface area contributed by atoms with Crippen LogP contribution in [-0.2, 0) is 10.0 Å².